The van der Waals surface area contributed by atoms with E-state index in [-0.39, 0.29) is 12.5 Å². The zero-order valence-electron chi connectivity index (χ0n) is 12.9. The molecule has 0 radical (unpaired) electrons. The summed E-state index contributed by atoms with van der Waals surface area (Å²) in [7, 11) is 0. The van der Waals surface area contributed by atoms with E-state index in [1.165, 1.54) is 5.56 Å². The van der Waals surface area contributed by atoms with Crippen LogP contribution < -0.4 is 0 Å². The summed E-state index contributed by atoms with van der Waals surface area (Å²) in [6.07, 6.45) is 4.31. The Labute approximate surface area is 125 Å². The molecule has 21 heavy (non-hydrogen) atoms. The summed E-state index contributed by atoms with van der Waals surface area (Å²) in [5.41, 5.74) is 3.29. The van der Waals surface area contributed by atoms with E-state index in [0.29, 0.717) is 13.0 Å². The van der Waals surface area contributed by atoms with Gasteiger partial charge in [0.2, 0.25) is 5.91 Å². The minimum Gasteiger partial charge on any atom is -0.395 e. The van der Waals surface area contributed by atoms with E-state index < -0.39 is 0 Å². The summed E-state index contributed by atoms with van der Waals surface area (Å²) in [5, 5.41) is 10.2. The molecule has 0 aliphatic rings. The number of amides is 1. The first-order chi connectivity index (χ1) is 10.2. The second-order valence-electron chi connectivity index (χ2n) is 5.50. The van der Waals surface area contributed by atoms with Gasteiger partial charge in [0.1, 0.15) is 0 Å². The van der Waals surface area contributed by atoms with Crippen molar-refractivity contribution < 1.29 is 9.90 Å². The monoisotopic (exact) mass is 288 g/mol. The predicted molar refractivity (Wildman–Crippen MR) is 85.3 cm³/mol. The number of fused-ring (bicyclic) bond motifs is 1. The molecule has 0 aliphatic heterocycles. The van der Waals surface area contributed by atoms with Gasteiger partial charge in [0.25, 0.3) is 0 Å². The van der Waals surface area contributed by atoms with E-state index >= 15 is 0 Å². The normalized spacial score (nSPS) is 11.0. The Kier molecular flexibility index (Phi) is 5.39. The molecule has 0 saturated carbocycles. The quantitative estimate of drug-likeness (QED) is 0.823. The summed E-state index contributed by atoms with van der Waals surface area (Å²) in [4.78, 5) is 17.4. The number of benzene rings is 1. The van der Waals surface area contributed by atoms with Gasteiger partial charge in [0.05, 0.1) is 13.0 Å². The van der Waals surface area contributed by atoms with Crippen molar-refractivity contribution >= 4 is 16.8 Å². The van der Waals surface area contributed by atoms with E-state index in [1.807, 2.05) is 6.20 Å². The lowest BCUT2D eigenvalue weighted by atomic mass is 10.1. The van der Waals surface area contributed by atoms with Gasteiger partial charge in [-0.2, -0.15) is 0 Å². The number of nitrogens with one attached hydrogen (secondary N) is 1. The van der Waals surface area contributed by atoms with E-state index in [0.717, 1.165) is 35.9 Å². The number of nitrogens with zero attached hydrogens (tertiary/aromatic N) is 1. The average molecular weight is 288 g/mol. The smallest absolute Gasteiger partial charge is 0.227 e. The summed E-state index contributed by atoms with van der Waals surface area (Å²) in [6.45, 7) is 5.31. The van der Waals surface area contributed by atoms with Crippen molar-refractivity contribution in [2.45, 2.75) is 33.1 Å². The van der Waals surface area contributed by atoms with Crippen molar-refractivity contribution in [3.05, 3.63) is 35.5 Å². The van der Waals surface area contributed by atoms with Crippen LogP contribution in [0.15, 0.2) is 24.4 Å². The van der Waals surface area contributed by atoms with E-state index in [9.17, 15) is 4.79 Å². The summed E-state index contributed by atoms with van der Waals surface area (Å²) in [5.74, 6) is 0.0824. The van der Waals surface area contributed by atoms with Crippen LogP contribution in [0.1, 0.15) is 30.9 Å². The largest absolute Gasteiger partial charge is 0.395 e. The standard InChI is InChI=1S/C17H24N2O2/c1-3-4-7-19(8-9-20)17(21)11-14-12-18-16-10-13(2)5-6-15(14)16/h5-6,10,12,18,20H,3-4,7-9,11H2,1-2H3. The number of carbonyl (C=O) groups excluding carboxylic acids is 1. The molecule has 0 fully saturated rings. The van der Waals surface area contributed by atoms with Crippen LogP contribution in [0.3, 0.4) is 0 Å². The Morgan fingerprint density at radius 3 is 2.86 bits per heavy atom. The topological polar surface area (TPSA) is 56.3 Å². The Morgan fingerprint density at radius 1 is 1.33 bits per heavy atom. The number of aliphatic hydroxyl groups is 1. The highest BCUT2D eigenvalue weighted by atomic mass is 16.3. The van der Waals surface area contributed by atoms with Crippen molar-refractivity contribution in [1.82, 2.24) is 9.88 Å². The molecular formula is C17H24N2O2. The Bertz CT molecular complexity index is 604. The number of aromatic amines is 1. The van der Waals surface area contributed by atoms with Crippen LogP contribution in [0, 0.1) is 6.92 Å². The van der Waals surface area contributed by atoms with Crippen LogP contribution in [0.4, 0.5) is 0 Å². The molecule has 2 rings (SSSR count). The number of aromatic nitrogens is 1. The third-order valence-corrected chi connectivity index (χ3v) is 3.77. The van der Waals surface area contributed by atoms with Crippen LogP contribution in [-0.4, -0.2) is 40.6 Å². The molecule has 0 aliphatic carbocycles. The zero-order valence-corrected chi connectivity index (χ0v) is 12.9. The van der Waals surface area contributed by atoms with Gasteiger partial charge in [-0.1, -0.05) is 25.5 Å². The van der Waals surface area contributed by atoms with Gasteiger partial charge in [0.15, 0.2) is 0 Å². The van der Waals surface area contributed by atoms with Gasteiger partial charge in [-0.25, -0.2) is 0 Å². The Balaban J connectivity index is 2.12. The van der Waals surface area contributed by atoms with E-state index in [4.69, 9.17) is 5.11 Å². The highest BCUT2D eigenvalue weighted by Crippen LogP contribution is 2.20. The Morgan fingerprint density at radius 2 is 2.14 bits per heavy atom. The molecule has 0 saturated heterocycles. The number of aliphatic hydroxyl groups excluding tert-OH is 1. The fourth-order valence-electron chi connectivity index (χ4n) is 2.55. The van der Waals surface area contributed by atoms with Crippen molar-refractivity contribution in [2.75, 3.05) is 19.7 Å². The maximum Gasteiger partial charge on any atom is 0.227 e. The SMILES string of the molecule is CCCCN(CCO)C(=O)Cc1c[nH]c2cc(C)ccc12. The average Bonchev–Trinajstić information content (AvgIpc) is 2.85. The summed E-state index contributed by atoms with van der Waals surface area (Å²) < 4.78 is 0. The van der Waals surface area contributed by atoms with Crippen LogP contribution in [0.2, 0.25) is 0 Å². The van der Waals surface area contributed by atoms with Crippen molar-refractivity contribution in [1.29, 1.82) is 0 Å². The number of hydrogen-bond donors (Lipinski definition) is 2. The van der Waals surface area contributed by atoms with Crippen LogP contribution >= 0.6 is 0 Å². The predicted octanol–water partition coefficient (Wildman–Crippen LogP) is 2.64. The lowest BCUT2D eigenvalue weighted by molar-refractivity contribution is -0.131. The van der Waals surface area contributed by atoms with Crippen LogP contribution in [0.25, 0.3) is 10.9 Å². The Hall–Kier alpha value is -1.81. The lowest BCUT2D eigenvalue weighted by Gasteiger charge is -2.21. The van der Waals surface area contributed by atoms with E-state index in [2.05, 4.69) is 37.0 Å². The lowest BCUT2D eigenvalue weighted by Crippen LogP contribution is -2.35. The second-order valence-corrected chi connectivity index (χ2v) is 5.50. The van der Waals surface area contributed by atoms with Crippen molar-refractivity contribution in [3.63, 3.8) is 0 Å². The molecule has 1 amide bonds. The molecule has 1 heterocycles. The minimum atomic E-state index is 0.0164. The molecule has 114 valence electrons. The first kappa shape index (κ1) is 15.6. The van der Waals surface area contributed by atoms with Gasteiger partial charge in [-0.05, 0) is 30.5 Å². The molecule has 0 bridgehead atoms. The third kappa shape index (κ3) is 3.85. The van der Waals surface area contributed by atoms with Crippen LogP contribution in [0.5, 0.6) is 0 Å². The number of H-pyrrole nitrogens is 1. The van der Waals surface area contributed by atoms with Gasteiger partial charge in [-0.3, -0.25) is 4.79 Å². The number of aryl methyl sites for hydroxylation is 1. The van der Waals surface area contributed by atoms with Crippen molar-refractivity contribution in [2.24, 2.45) is 0 Å². The first-order valence-electron chi connectivity index (χ1n) is 7.61. The highest BCUT2D eigenvalue weighted by Gasteiger charge is 2.15. The number of hydrogen-bond acceptors (Lipinski definition) is 2. The molecule has 2 N–H and O–H groups in total. The minimum absolute atomic E-state index is 0.0164. The number of carbonyl (C=O) groups is 1. The molecule has 4 nitrogen and oxygen atoms in total. The fraction of sp³-hybridized carbons (Fsp3) is 0.471. The summed E-state index contributed by atoms with van der Waals surface area (Å²) >= 11 is 0. The number of unbranched alkanes of at least 4 members (excludes halogenated alkanes) is 1. The van der Waals surface area contributed by atoms with E-state index in [1.54, 1.807) is 4.90 Å². The second kappa shape index (κ2) is 7.27. The fourth-order valence-corrected chi connectivity index (χ4v) is 2.55. The molecule has 0 spiro atoms. The molecule has 0 unspecified atom stereocenters. The van der Waals surface area contributed by atoms with Crippen molar-refractivity contribution in [3.8, 4) is 0 Å². The summed E-state index contributed by atoms with van der Waals surface area (Å²) in [6, 6.07) is 6.21. The first-order valence-corrected chi connectivity index (χ1v) is 7.61. The highest BCUT2D eigenvalue weighted by molar-refractivity contribution is 5.89. The molecule has 4 heteroatoms. The van der Waals surface area contributed by atoms with Gasteiger partial charge in [0, 0.05) is 30.2 Å². The molecule has 1 aromatic heterocycles. The van der Waals surface area contributed by atoms with Crippen LogP contribution in [-0.2, 0) is 11.2 Å². The van der Waals surface area contributed by atoms with Gasteiger partial charge < -0.3 is 15.0 Å². The maximum absolute atomic E-state index is 12.4. The molecule has 0 atom stereocenters. The maximum atomic E-state index is 12.4. The number of rotatable bonds is 7. The molecular weight excluding hydrogens is 264 g/mol. The third-order valence-electron chi connectivity index (χ3n) is 3.77. The molecule has 2 aromatic rings. The zero-order chi connectivity index (χ0) is 15.2. The molecule has 1 aromatic carbocycles. The van der Waals surface area contributed by atoms with Gasteiger partial charge in [-0.15, -0.1) is 0 Å². The van der Waals surface area contributed by atoms with Gasteiger partial charge >= 0.3 is 0 Å².